The number of fused-ring (bicyclic) bond motifs is 1. The Morgan fingerprint density at radius 1 is 1.40 bits per heavy atom. The molecular weight excluding hydrogens is 411 g/mol. The zero-order valence-electron chi connectivity index (χ0n) is 10.2. The van der Waals surface area contributed by atoms with Crippen LogP contribution in [0.4, 0.5) is 0 Å². The predicted molar refractivity (Wildman–Crippen MR) is 88.3 cm³/mol. The largest absolute Gasteiger partial charge is 0.479 e. The Morgan fingerprint density at radius 3 is 2.90 bits per heavy atom. The number of hydrogen-bond donors (Lipinski definition) is 1. The lowest BCUT2D eigenvalue weighted by molar-refractivity contribution is 0.401. The second-order valence-electron chi connectivity index (χ2n) is 3.94. The Hall–Kier alpha value is -1.19. The van der Waals surface area contributed by atoms with Gasteiger partial charge in [-0.1, -0.05) is 11.6 Å². The summed E-state index contributed by atoms with van der Waals surface area (Å²) in [6, 6.07) is 5.74. The van der Waals surface area contributed by atoms with E-state index in [4.69, 9.17) is 28.6 Å². The van der Waals surface area contributed by atoms with Crippen LogP contribution in [0.15, 0.2) is 24.5 Å². The fourth-order valence-corrected chi connectivity index (χ4v) is 3.17. The van der Waals surface area contributed by atoms with Crippen LogP contribution in [0.3, 0.4) is 0 Å². The van der Waals surface area contributed by atoms with E-state index < -0.39 is 0 Å². The third-order valence-electron chi connectivity index (χ3n) is 2.78. The van der Waals surface area contributed by atoms with Crippen molar-refractivity contribution in [3.05, 3.63) is 37.9 Å². The molecule has 2 heterocycles. The Kier molecular flexibility index (Phi) is 3.65. The highest BCUT2D eigenvalue weighted by atomic mass is 127. The number of nitrogens with zero attached hydrogens (tertiary/aromatic N) is 3. The van der Waals surface area contributed by atoms with Crippen LogP contribution >= 0.6 is 46.4 Å². The molecule has 5 nitrogen and oxygen atoms in total. The van der Waals surface area contributed by atoms with Crippen LogP contribution in [-0.4, -0.2) is 26.6 Å². The summed E-state index contributed by atoms with van der Waals surface area (Å²) in [6.07, 6.45) is 1.43. The van der Waals surface area contributed by atoms with Gasteiger partial charge in [-0.15, -0.1) is 0 Å². The Morgan fingerprint density at radius 2 is 2.20 bits per heavy atom. The molecule has 102 valence electrons. The van der Waals surface area contributed by atoms with Gasteiger partial charge in [0.15, 0.2) is 10.4 Å². The second kappa shape index (κ2) is 5.30. The molecule has 0 aliphatic rings. The van der Waals surface area contributed by atoms with Crippen LogP contribution in [-0.2, 0) is 0 Å². The maximum absolute atomic E-state index is 6.31. The first-order valence-electron chi connectivity index (χ1n) is 5.57. The molecule has 8 heteroatoms. The number of H-pyrrole nitrogens is 1. The minimum absolute atomic E-state index is 0.446. The number of benzene rings is 1. The molecule has 20 heavy (non-hydrogen) atoms. The molecular formula is C12H8ClIN4OS. The van der Waals surface area contributed by atoms with E-state index >= 15 is 0 Å². The van der Waals surface area contributed by atoms with E-state index in [1.807, 2.05) is 18.2 Å². The van der Waals surface area contributed by atoms with E-state index in [1.165, 1.54) is 6.33 Å². The third-order valence-corrected chi connectivity index (χ3v) is 4.04. The fraction of sp³-hybridized carbons (Fsp3) is 0.0833. The van der Waals surface area contributed by atoms with Crippen LogP contribution in [0.5, 0.6) is 5.88 Å². The zero-order chi connectivity index (χ0) is 14.3. The van der Waals surface area contributed by atoms with Crippen LogP contribution in [0.25, 0.3) is 16.9 Å². The first-order valence-corrected chi connectivity index (χ1v) is 7.43. The molecule has 0 atom stereocenters. The van der Waals surface area contributed by atoms with Crippen LogP contribution in [0.2, 0.25) is 5.02 Å². The maximum Gasteiger partial charge on any atom is 0.242 e. The Bertz CT molecular complexity index is 860. The predicted octanol–water partition coefficient (Wildman–Crippen LogP) is 3.74. The summed E-state index contributed by atoms with van der Waals surface area (Å²) < 4.78 is 8.51. The fourth-order valence-electron chi connectivity index (χ4n) is 1.94. The van der Waals surface area contributed by atoms with E-state index in [2.05, 4.69) is 37.5 Å². The van der Waals surface area contributed by atoms with Crippen molar-refractivity contribution in [1.29, 1.82) is 0 Å². The number of ether oxygens (including phenoxy) is 1. The second-order valence-corrected chi connectivity index (χ2v) is 5.98. The number of methoxy groups -OCH3 is 1. The molecule has 0 amide bonds. The van der Waals surface area contributed by atoms with E-state index in [0.717, 1.165) is 9.26 Å². The highest BCUT2D eigenvalue weighted by Crippen LogP contribution is 2.28. The van der Waals surface area contributed by atoms with Gasteiger partial charge in [0.05, 0.1) is 17.8 Å². The van der Waals surface area contributed by atoms with Gasteiger partial charge < -0.3 is 9.72 Å². The lowest BCUT2D eigenvalue weighted by atomic mass is 10.3. The minimum Gasteiger partial charge on any atom is -0.479 e. The van der Waals surface area contributed by atoms with Crippen LogP contribution in [0, 0.1) is 8.34 Å². The van der Waals surface area contributed by atoms with Gasteiger partial charge in [0.25, 0.3) is 0 Å². The van der Waals surface area contributed by atoms with Gasteiger partial charge in [-0.2, -0.15) is 4.98 Å². The van der Waals surface area contributed by atoms with Crippen molar-refractivity contribution >= 4 is 57.6 Å². The van der Waals surface area contributed by atoms with Gasteiger partial charge in [0.2, 0.25) is 5.88 Å². The first-order chi connectivity index (χ1) is 9.61. The van der Waals surface area contributed by atoms with Crippen molar-refractivity contribution in [2.75, 3.05) is 7.11 Å². The van der Waals surface area contributed by atoms with E-state index in [9.17, 15) is 0 Å². The number of rotatable bonds is 2. The van der Waals surface area contributed by atoms with E-state index in [0.29, 0.717) is 26.8 Å². The molecule has 1 aromatic carbocycles. The quantitative estimate of drug-likeness (QED) is 0.509. The molecule has 0 saturated carbocycles. The third kappa shape index (κ3) is 2.19. The van der Waals surface area contributed by atoms with Crippen LogP contribution in [0.1, 0.15) is 0 Å². The van der Waals surface area contributed by atoms with Crippen molar-refractivity contribution in [1.82, 2.24) is 19.5 Å². The number of imidazole rings is 1. The molecule has 0 bridgehead atoms. The molecule has 0 saturated heterocycles. The summed E-state index contributed by atoms with van der Waals surface area (Å²) in [5.74, 6) is 0.446. The van der Waals surface area contributed by atoms with Crippen molar-refractivity contribution in [3.63, 3.8) is 0 Å². The smallest absolute Gasteiger partial charge is 0.242 e. The summed E-state index contributed by atoms with van der Waals surface area (Å²) in [6.45, 7) is 0. The molecule has 0 radical (unpaired) electrons. The van der Waals surface area contributed by atoms with Gasteiger partial charge >= 0.3 is 0 Å². The average Bonchev–Trinajstić information content (AvgIpc) is 2.75. The number of aromatic amines is 1. The van der Waals surface area contributed by atoms with Gasteiger partial charge in [-0.3, -0.25) is 4.57 Å². The summed E-state index contributed by atoms with van der Waals surface area (Å²) >= 11 is 13.9. The lowest BCUT2D eigenvalue weighted by Crippen LogP contribution is -1.98. The van der Waals surface area contributed by atoms with Crippen molar-refractivity contribution in [2.24, 2.45) is 0 Å². The molecule has 0 fully saturated rings. The minimum atomic E-state index is 0.446. The topological polar surface area (TPSA) is 55.7 Å². The van der Waals surface area contributed by atoms with E-state index in [-0.39, 0.29) is 0 Å². The molecule has 3 aromatic rings. The normalized spacial score (nSPS) is 10.9. The van der Waals surface area contributed by atoms with Crippen LogP contribution < -0.4 is 4.74 Å². The van der Waals surface area contributed by atoms with E-state index in [1.54, 1.807) is 11.7 Å². The number of nitrogens with one attached hydrogen (secondary N) is 1. The molecule has 2 aromatic heterocycles. The summed E-state index contributed by atoms with van der Waals surface area (Å²) in [7, 11) is 1.55. The SMILES string of the molecule is COc1ncnc2c1[nH]c(=S)n2-c1ccc(I)cc1Cl. The van der Waals surface area contributed by atoms with Crippen molar-refractivity contribution in [2.45, 2.75) is 0 Å². The van der Waals surface area contributed by atoms with Crippen molar-refractivity contribution < 1.29 is 4.74 Å². The Balaban J connectivity index is 2.37. The number of hydrogen-bond acceptors (Lipinski definition) is 4. The molecule has 0 aliphatic carbocycles. The number of aromatic nitrogens is 4. The Labute approximate surface area is 138 Å². The van der Waals surface area contributed by atoms with Gasteiger partial charge in [0.1, 0.15) is 11.8 Å². The number of halogens is 2. The highest BCUT2D eigenvalue weighted by Gasteiger charge is 2.14. The molecule has 3 rings (SSSR count). The molecule has 0 aliphatic heterocycles. The molecule has 0 unspecified atom stereocenters. The molecule has 1 N–H and O–H groups in total. The lowest BCUT2D eigenvalue weighted by Gasteiger charge is -2.07. The van der Waals surface area contributed by atoms with Crippen molar-refractivity contribution in [3.8, 4) is 11.6 Å². The first kappa shape index (κ1) is 13.8. The van der Waals surface area contributed by atoms with Gasteiger partial charge in [-0.05, 0) is 53.0 Å². The zero-order valence-corrected chi connectivity index (χ0v) is 14.0. The summed E-state index contributed by atoms with van der Waals surface area (Å²) in [5.41, 5.74) is 2.05. The maximum atomic E-state index is 6.31. The highest BCUT2D eigenvalue weighted by molar-refractivity contribution is 14.1. The monoisotopic (exact) mass is 418 g/mol. The average molecular weight is 419 g/mol. The summed E-state index contributed by atoms with van der Waals surface area (Å²) in [5, 5.41) is 0.603. The van der Waals surface area contributed by atoms with Gasteiger partial charge in [0, 0.05) is 3.57 Å². The standard InChI is InChI=1S/C12H8ClIN4OS/c1-19-11-9-10(15-5-16-11)18(12(20)17-9)8-3-2-6(14)4-7(8)13/h2-5H,1H3,(H,17,20). The summed E-state index contributed by atoms with van der Waals surface area (Å²) in [4.78, 5) is 11.4. The van der Waals surface area contributed by atoms with Gasteiger partial charge in [-0.25, -0.2) is 4.98 Å². The molecule has 0 spiro atoms.